The minimum Gasteiger partial charge on any atom is -0.366 e. The van der Waals surface area contributed by atoms with Crippen LogP contribution >= 0.6 is 11.3 Å². The molecule has 2 aliphatic heterocycles. The highest BCUT2D eigenvalue weighted by Gasteiger charge is 2.45. The highest BCUT2D eigenvalue weighted by Crippen LogP contribution is 2.40. The lowest BCUT2D eigenvalue weighted by atomic mass is 9.90. The smallest absolute Gasteiger partial charge is 0.179 e. The Labute approximate surface area is 115 Å². The summed E-state index contributed by atoms with van der Waals surface area (Å²) in [6.45, 7) is 1.55. The summed E-state index contributed by atoms with van der Waals surface area (Å²) in [5.41, 5.74) is 1.41. The zero-order valence-corrected chi connectivity index (χ0v) is 11.2. The van der Waals surface area contributed by atoms with E-state index in [1.165, 1.54) is 11.1 Å². The van der Waals surface area contributed by atoms with Gasteiger partial charge in [-0.1, -0.05) is 30.3 Å². The zero-order chi connectivity index (χ0) is 12.9. The summed E-state index contributed by atoms with van der Waals surface area (Å²) >= 11 is 1.61. The normalized spacial score (nSPS) is 24.9. The molecule has 1 aromatic heterocycles. The SMILES string of the molecule is O[C@@]1(c2cccs2)Cc2ccccc2C2=NCCN21. The molecule has 0 bridgehead atoms. The van der Waals surface area contributed by atoms with Gasteiger partial charge in [0.05, 0.1) is 11.4 Å². The Morgan fingerprint density at radius 3 is 2.95 bits per heavy atom. The van der Waals surface area contributed by atoms with E-state index in [1.807, 2.05) is 29.6 Å². The fraction of sp³-hybridized carbons (Fsp3) is 0.267. The van der Waals surface area contributed by atoms with E-state index in [2.05, 4.69) is 22.0 Å². The van der Waals surface area contributed by atoms with Gasteiger partial charge >= 0.3 is 0 Å². The summed E-state index contributed by atoms with van der Waals surface area (Å²) in [5, 5.41) is 13.2. The van der Waals surface area contributed by atoms with Crippen molar-refractivity contribution < 1.29 is 5.11 Å². The molecule has 1 atom stereocenters. The van der Waals surface area contributed by atoms with E-state index in [0.29, 0.717) is 6.42 Å². The molecule has 0 saturated carbocycles. The zero-order valence-electron chi connectivity index (χ0n) is 10.4. The van der Waals surface area contributed by atoms with Gasteiger partial charge in [-0.2, -0.15) is 0 Å². The van der Waals surface area contributed by atoms with Gasteiger partial charge in [-0.25, -0.2) is 0 Å². The molecule has 1 aromatic carbocycles. The third-order valence-electron chi connectivity index (χ3n) is 3.90. The Balaban J connectivity index is 1.91. The highest BCUT2D eigenvalue weighted by molar-refractivity contribution is 7.10. The average molecular weight is 270 g/mol. The van der Waals surface area contributed by atoms with E-state index >= 15 is 0 Å². The molecule has 19 heavy (non-hydrogen) atoms. The summed E-state index contributed by atoms with van der Waals surface area (Å²) < 4.78 is 0. The average Bonchev–Trinajstić information content (AvgIpc) is 3.11. The standard InChI is InChI=1S/C15H14N2OS/c18-15(13-6-3-9-19-13)10-11-4-1-2-5-12(11)14-16-7-8-17(14)15/h1-6,9,18H,7-8,10H2/t15-/m1/s1. The maximum atomic E-state index is 11.2. The van der Waals surface area contributed by atoms with Gasteiger partial charge in [-0.05, 0) is 17.0 Å². The topological polar surface area (TPSA) is 35.8 Å². The second-order valence-corrected chi connectivity index (χ2v) is 5.93. The van der Waals surface area contributed by atoms with Gasteiger partial charge in [0.2, 0.25) is 0 Å². The number of rotatable bonds is 1. The van der Waals surface area contributed by atoms with Crippen LogP contribution in [-0.4, -0.2) is 28.9 Å². The lowest BCUT2D eigenvalue weighted by molar-refractivity contribution is -0.0713. The van der Waals surface area contributed by atoms with E-state index in [1.54, 1.807) is 11.3 Å². The van der Waals surface area contributed by atoms with Crippen LogP contribution in [0.2, 0.25) is 0 Å². The molecule has 0 radical (unpaired) electrons. The quantitative estimate of drug-likeness (QED) is 0.862. The Bertz CT molecular complexity index is 650. The number of hydrogen-bond acceptors (Lipinski definition) is 4. The molecule has 4 rings (SSSR count). The fourth-order valence-electron chi connectivity index (χ4n) is 3.02. The lowest BCUT2D eigenvalue weighted by Gasteiger charge is -2.42. The number of amidine groups is 1. The first-order valence-electron chi connectivity index (χ1n) is 6.46. The molecule has 0 spiro atoms. The molecule has 3 nitrogen and oxygen atoms in total. The van der Waals surface area contributed by atoms with E-state index in [-0.39, 0.29) is 0 Å². The Kier molecular flexibility index (Phi) is 2.31. The van der Waals surface area contributed by atoms with Crippen molar-refractivity contribution in [3.8, 4) is 0 Å². The van der Waals surface area contributed by atoms with Crippen LogP contribution < -0.4 is 0 Å². The van der Waals surface area contributed by atoms with E-state index in [0.717, 1.165) is 23.8 Å². The summed E-state index contributed by atoms with van der Waals surface area (Å²) in [5.74, 6) is 0.942. The van der Waals surface area contributed by atoms with Crippen LogP contribution in [0.4, 0.5) is 0 Å². The third-order valence-corrected chi connectivity index (χ3v) is 4.91. The lowest BCUT2D eigenvalue weighted by Crippen LogP contribution is -2.52. The van der Waals surface area contributed by atoms with Gasteiger partial charge in [0.15, 0.2) is 5.72 Å². The Morgan fingerprint density at radius 1 is 1.21 bits per heavy atom. The number of benzene rings is 1. The van der Waals surface area contributed by atoms with Crippen molar-refractivity contribution in [3.05, 3.63) is 57.8 Å². The number of aliphatic hydroxyl groups is 1. The van der Waals surface area contributed by atoms with Crippen molar-refractivity contribution in [2.75, 3.05) is 13.1 Å². The molecule has 0 fully saturated rings. The number of fused-ring (bicyclic) bond motifs is 3. The van der Waals surface area contributed by atoms with Crippen molar-refractivity contribution in [1.29, 1.82) is 0 Å². The highest BCUT2D eigenvalue weighted by atomic mass is 32.1. The van der Waals surface area contributed by atoms with Gasteiger partial charge in [0.1, 0.15) is 5.84 Å². The van der Waals surface area contributed by atoms with Gasteiger partial charge in [-0.15, -0.1) is 11.3 Å². The van der Waals surface area contributed by atoms with Gasteiger partial charge in [0, 0.05) is 18.5 Å². The van der Waals surface area contributed by atoms with E-state index in [9.17, 15) is 5.11 Å². The van der Waals surface area contributed by atoms with Crippen LogP contribution in [0.25, 0.3) is 0 Å². The molecule has 3 heterocycles. The predicted molar refractivity (Wildman–Crippen MR) is 76.5 cm³/mol. The molecule has 0 amide bonds. The Morgan fingerprint density at radius 2 is 2.11 bits per heavy atom. The van der Waals surface area contributed by atoms with Crippen molar-refractivity contribution in [2.45, 2.75) is 12.1 Å². The number of nitrogens with zero attached hydrogens (tertiary/aromatic N) is 2. The molecule has 0 aliphatic carbocycles. The largest absolute Gasteiger partial charge is 0.366 e. The van der Waals surface area contributed by atoms with Crippen LogP contribution in [-0.2, 0) is 12.1 Å². The molecule has 2 aliphatic rings. The van der Waals surface area contributed by atoms with Crippen molar-refractivity contribution in [3.63, 3.8) is 0 Å². The molecular formula is C15H14N2OS. The minimum absolute atomic E-state index is 0.628. The molecule has 1 N–H and O–H groups in total. The van der Waals surface area contributed by atoms with E-state index in [4.69, 9.17) is 0 Å². The maximum absolute atomic E-state index is 11.2. The van der Waals surface area contributed by atoms with Crippen molar-refractivity contribution >= 4 is 17.2 Å². The first-order valence-corrected chi connectivity index (χ1v) is 7.34. The predicted octanol–water partition coefficient (Wildman–Crippen LogP) is 2.21. The second-order valence-electron chi connectivity index (χ2n) is 4.98. The van der Waals surface area contributed by atoms with Crippen molar-refractivity contribution in [2.24, 2.45) is 4.99 Å². The number of aliphatic imine (C=N–C) groups is 1. The maximum Gasteiger partial charge on any atom is 0.179 e. The number of hydrogen-bond donors (Lipinski definition) is 1. The van der Waals surface area contributed by atoms with Crippen LogP contribution in [0.15, 0.2) is 46.8 Å². The Hall–Kier alpha value is -1.65. The van der Waals surface area contributed by atoms with Gasteiger partial charge in [-0.3, -0.25) is 4.99 Å². The van der Waals surface area contributed by atoms with Crippen LogP contribution in [0.5, 0.6) is 0 Å². The molecule has 0 saturated heterocycles. The van der Waals surface area contributed by atoms with Gasteiger partial charge < -0.3 is 10.0 Å². The summed E-state index contributed by atoms with van der Waals surface area (Å²) in [4.78, 5) is 7.65. The summed E-state index contributed by atoms with van der Waals surface area (Å²) in [7, 11) is 0. The van der Waals surface area contributed by atoms with Crippen LogP contribution in [0.1, 0.15) is 16.0 Å². The second kappa shape index (κ2) is 3.92. The van der Waals surface area contributed by atoms with Gasteiger partial charge in [0.25, 0.3) is 0 Å². The van der Waals surface area contributed by atoms with E-state index < -0.39 is 5.72 Å². The molecule has 0 unspecified atom stereocenters. The molecule has 96 valence electrons. The van der Waals surface area contributed by atoms with Crippen LogP contribution in [0.3, 0.4) is 0 Å². The summed E-state index contributed by atoms with van der Waals surface area (Å²) in [6.07, 6.45) is 0.628. The van der Waals surface area contributed by atoms with Crippen molar-refractivity contribution in [1.82, 2.24) is 4.90 Å². The third kappa shape index (κ3) is 1.50. The number of thiophene rings is 1. The monoisotopic (exact) mass is 270 g/mol. The molecule has 4 heteroatoms. The molecule has 2 aromatic rings. The first-order chi connectivity index (χ1) is 9.29. The molecular weight excluding hydrogens is 256 g/mol. The summed E-state index contributed by atoms with van der Waals surface area (Å²) in [6, 6.07) is 12.2. The van der Waals surface area contributed by atoms with Crippen LogP contribution in [0, 0.1) is 0 Å². The fourth-order valence-corrected chi connectivity index (χ4v) is 3.85. The minimum atomic E-state index is -0.933. The first kappa shape index (κ1) is 11.2.